The number of fused-ring (bicyclic) bond motifs is 5. The van der Waals surface area contributed by atoms with Gasteiger partial charge in [-0.1, -0.05) is 59.7 Å². The molecule has 0 N–H and O–H groups in total. The Hall–Kier alpha value is -0.0900. The molecule has 1 aromatic rings. The predicted octanol–water partition coefficient (Wildman–Crippen LogP) is 4.42. The van der Waals surface area contributed by atoms with Crippen molar-refractivity contribution in [1.29, 1.82) is 0 Å². The fourth-order valence-corrected chi connectivity index (χ4v) is 5.37. The summed E-state index contributed by atoms with van der Waals surface area (Å²) in [6.45, 7) is 0. The van der Waals surface area contributed by atoms with Gasteiger partial charge < -0.3 is 4.74 Å². The van der Waals surface area contributed by atoms with Crippen molar-refractivity contribution < 1.29 is 4.74 Å². The summed E-state index contributed by atoms with van der Waals surface area (Å²) < 4.78 is 6.70. The molecule has 2 heteroatoms. The molecule has 1 saturated heterocycles. The fourth-order valence-electron chi connectivity index (χ4n) is 3.91. The van der Waals surface area contributed by atoms with Gasteiger partial charge in [-0.05, 0) is 35.8 Å². The van der Waals surface area contributed by atoms with Gasteiger partial charge in [-0.2, -0.15) is 0 Å². The molecule has 1 aliphatic heterocycles. The molecule has 5 unspecified atom stereocenters. The van der Waals surface area contributed by atoms with Gasteiger partial charge in [-0.3, -0.25) is 0 Å². The molecule has 17 heavy (non-hydrogen) atoms. The molecule has 1 aromatic carbocycles. The first-order chi connectivity index (χ1) is 8.36. The van der Waals surface area contributed by atoms with E-state index in [2.05, 4.69) is 46.9 Å². The standard InChI is InChI=1S/C15H17IO/c16-13-9-5-1-3-7-11(9)14-15(17-14)12-8-4-2-6-10(12)13/h1,3,5,7,10,12-15H,2,4,6,8H2. The highest BCUT2D eigenvalue weighted by Crippen LogP contribution is 2.58. The number of hydrogen-bond donors (Lipinski definition) is 0. The molecule has 2 aliphatic carbocycles. The Kier molecular flexibility index (Phi) is 2.51. The number of halogens is 1. The Morgan fingerprint density at radius 2 is 1.71 bits per heavy atom. The molecular formula is C15H17IO. The summed E-state index contributed by atoms with van der Waals surface area (Å²) in [6.07, 6.45) is 6.59. The van der Waals surface area contributed by atoms with E-state index in [4.69, 9.17) is 4.74 Å². The highest BCUT2D eigenvalue weighted by atomic mass is 127. The second-order valence-corrected chi connectivity index (χ2v) is 7.01. The minimum Gasteiger partial charge on any atom is -0.364 e. The lowest BCUT2D eigenvalue weighted by Gasteiger charge is -2.33. The number of epoxide rings is 1. The van der Waals surface area contributed by atoms with Crippen molar-refractivity contribution in [1.82, 2.24) is 0 Å². The molecular weight excluding hydrogens is 323 g/mol. The van der Waals surface area contributed by atoms with E-state index in [1.165, 1.54) is 31.2 Å². The minimum atomic E-state index is 0.427. The van der Waals surface area contributed by atoms with Gasteiger partial charge >= 0.3 is 0 Å². The average molecular weight is 340 g/mol. The molecule has 1 heterocycles. The van der Waals surface area contributed by atoms with E-state index in [0.717, 1.165) is 11.8 Å². The smallest absolute Gasteiger partial charge is 0.110 e. The molecule has 1 nitrogen and oxygen atoms in total. The van der Waals surface area contributed by atoms with Gasteiger partial charge in [0.25, 0.3) is 0 Å². The third-order valence-electron chi connectivity index (χ3n) is 4.80. The van der Waals surface area contributed by atoms with Gasteiger partial charge in [0.1, 0.15) is 6.10 Å². The highest BCUT2D eigenvalue weighted by Gasteiger charge is 2.53. The molecule has 0 bridgehead atoms. The zero-order valence-electron chi connectivity index (χ0n) is 9.81. The lowest BCUT2D eigenvalue weighted by molar-refractivity contribution is 0.183. The van der Waals surface area contributed by atoms with Crippen molar-refractivity contribution in [2.75, 3.05) is 0 Å². The van der Waals surface area contributed by atoms with Crippen LogP contribution in [0.2, 0.25) is 0 Å². The summed E-state index contributed by atoms with van der Waals surface area (Å²) in [5.74, 6) is 1.67. The van der Waals surface area contributed by atoms with Crippen molar-refractivity contribution in [2.45, 2.75) is 41.8 Å². The Labute approximate surface area is 116 Å². The normalized spacial score (nSPS) is 43.0. The molecule has 0 spiro atoms. The van der Waals surface area contributed by atoms with Gasteiger partial charge in [0.2, 0.25) is 0 Å². The maximum absolute atomic E-state index is 6.00. The fraction of sp³-hybridized carbons (Fsp3) is 0.600. The van der Waals surface area contributed by atoms with Crippen molar-refractivity contribution in [3.63, 3.8) is 0 Å². The zero-order valence-corrected chi connectivity index (χ0v) is 12.0. The van der Waals surface area contributed by atoms with Crippen LogP contribution in [0.15, 0.2) is 24.3 Å². The van der Waals surface area contributed by atoms with Crippen LogP contribution < -0.4 is 0 Å². The van der Waals surface area contributed by atoms with E-state index in [1.807, 2.05) is 0 Å². The lowest BCUT2D eigenvalue weighted by Crippen LogP contribution is -2.26. The molecule has 1 saturated carbocycles. The van der Waals surface area contributed by atoms with Gasteiger partial charge in [0, 0.05) is 3.92 Å². The largest absolute Gasteiger partial charge is 0.364 e. The Morgan fingerprint density at radius 1 is 1.00 bits per heavy atom. The van der Waals surface area contributed by atoms with Gasteiger partial charge in [0.15, 0.2) is 0 Å². The Bertz CT molecular complexity index is 444. The Balaban J connectivity index is 1.80. The number of ether oxygens (including phenoxy) is 1. The average Bonchev–Trinajstić information content (AvgIpc) is 3.18. The first kappa shape index (κ1) is 10.8. The van der Waals surface area contributed by atoms with Crippen LogP contribution in [-0.4, -0.2) is 6.10 Å². The second-order valence-electron chi connectivity index (χ2n) is 5.66. The van der Waals surface area contributed by atoms with Crippen LogP contribution in [0.25, 0.3) is 0 Å². The maximum Gasteiger partial charge on any atom is 0.110 e. The van der Waals surface area contributed by atoms with Crippen LogP contribution in [0.5, 0.6) is 0 Å². The third kappa shape index (κ3) is 1.60. The van der Waals surface area contributed by atoms with Gasteiger partial charge in [0.05, 0.1) is 6.10 Å². The molecule has 4 rings (SSSR count). The topological polar surface area (TPSA) is 12.5 Å². The van der Waals surface area contributed by atoms with Crippen LogP contribution in [0, 0.1) is 11.8 Å². The van der Waals surface area contributed by atoms with E-state index in [9.17, 15) is 0 Å². The van der Waals surface area contributed by atoms with E-state index >= 15 is 0 Å². The van der Waals surface area contributed by atoms with Crippen LogP contribution in [0.1, 0.15) is 46.8 Å². The zero-order chi connectivity index (χ0) is 11.4. The van der Waals surface area contributed by atoms with E-state index in [1.54, 1.807) is 5.56 Å². The number of alkyl halides is 1. The first-order valence-corrected chi connectivity index (χ1v) is 7.99. The molecule has 0 radical (unpaired) electrons. The summed E-state index contributed by atoms with van der Waals surface area (Å²) in [5, 5.41) is 0. The summed E-state index contributed by atoms with van der Waals surface area (Å²) in [5.41, 5.74) is 3.03. The summed E-state index contributed by atoms with van der Waals surface area (Å²) in [4.78, 5) is 0. The summed E-state index contributed by atoms with van der Waals surface area (Å²) in [7, 11) is 0. The van der Waals surface area contributed by atoms with Crippen molar-refractivity contribution in [3.8, 4) is 0 Å². The Morgan fingerprint density at radius 3 is 2.53 bits per heavy atom. The highest BCUT2D eigenvalue weighted by molar-refractivity contribution is 14.1. The van der Waals surface area contributed by atoms with Crippen molar-refractivity contribution >= 4 is 22.6 Å². The second kappa shape index (κ2) is 3.95. The molecule has 0 aromatic heterocycles. The molecule has 2 fully saturated rings. The quantitative estimate of drug-likeness (QED) is 0.387. The third-order valence-corrected chi connectivity index (χ3v) is 6.39. The van der Waals surface area contributed by atoms with Gasteiger partial charge in [-0.25, -0.2) is 0 Å². The van der Waals surface area contributed by atoms with E-state index < -0.39 is 0 Å². The predicted molar refractivity (Wildman–Crippen MR) is 76.3 cm³/mol. The van der Waals surface area contributed by atoms with Crippen LogP contribution in [0.3, 0.4) is 0 Å². The lowest BCUT2D eigenvalue weighted by atomic mass is 9.75. The molecule has 0 amide bonds. The van der Waals surface area contributed by atoms with E-state index in [0.29, 0.717) is 16.1 Å². The SMILES string of the molecule is IC1c2ccccc2C2OC2C2CCCCC12. The van der Waals surface area contributed by atoms with Crippen molar-refractivity contribution in [3.05, 3.63) is 35.4 Å². The number of benzene rings is 1. The van der Waals surface area contributed by atoms with Crippen LogP contribution >= 0.6 is 22.6 Å². The molecule has 90 valence electrons. The molecule has 5 atom stereocenters. The summed E-state index contributed by atoms with van der Waals surface area (Å²) >= 11 is 2.68. The number of hydrogen-bond acceptors (Lipinski definition) is 1. The van der Waals surface area contributed by atoms with Crippen LogP contribution in [0.4, 0.5) is 0 Å². The number of rotatable bonds is 0. The van der Waals surface area contributed by atoms with Gasteiger partial charge in [-0.15, -0.1) is 0 Å². The molecule has 3 aliphatic rings. The van der Waals surface area contributed by atoms with Crippen molar-refractivity contribution in [2.24, 2.45) is 11.8 Å². The van der Waals surface area contributed by atoms with Crippen LogP contribution in [-0.2, 0) is 4.74 Å². The maximum atomic E-state index is 6.00. The summed E-state index contributed by atoms with van der Waals surface area (Å²) in [6, 6.07) is 8.95. The monoisotopic (exact) mass is 340 g/mol. The first-order valence-electron chi connectivity index (χ1n) is 6.74. The van der Waals surface area contributed by atoms with E-state index in [-0.39, 0.29) is 0 Å². The minimum absolute atomic E-state index is 0.427.